The van der Waals surface area contributed by atoms with Crippen molar-refractivity contribution in [3.8, 4) is 0 Å². The quantitative estimate of drug-likeness (QED) is 0.323. The summed E-state index contributed by atoms with van der Waals surface area (Å²) in [6, 6.07) is 0. The number of aliphatic hydroxyl groups is 1. The predicted molar refractivity (Wildman–Crippen MR) is 78.6 cm³/mol. The second-order valence-electron chi connectivity index (χ2n) is 3.91. The highest BCUT2D eigenvalue weighted by Crippen LogP contribution is 2.61. The van der Waals surface area contributed by atoms with Crippen molar-refractivity contribution in [2.45, 2.75) is 39.5 Å². The number of unbranched alkanes of at least 4 members (excludes halogenated alkanes) is 2. The predicted octanol–water partition coefficient (Wildman–Crippen LogP) is 1.77. The Morgan fingerprint density at radius 3 is 1.62 bits per heavy atom. The van der Waals surface area contributed by atoms with Crippen LogP contribution in [0.15, 0.2) is 0 Å². The molecule has 0 aromatic heterocycles. The van der Waals surface area contributed by atoms with E-state index in [2.05, 4.69) is 4.31 Å². The standard InChI is InChI=1S/C8H20O7P2.C2H7NO/c1-3-5-7-13-17(12,14-8-6-4-2)15-16(9,10)11;3-1-2-4/h3-8H2,1-2H3,(H2,9,10,11);4H,1-3H2. The molecule has 0 radical (unpaired) electrons. The molecular weight excluding hydrogens is 324 g/mol. The Morgan fingerprint density at radius 2 is 1.38 bits per heavy atom. The van der Waals surface area contributed by atoms with Crippen molar-refractivity contribution in [3.05, 3.63) is 0 Å². The fourth-order valence-electron chi connectivity index (χ4n) is 0.856. The molecule has 0 aliphatic carbocycles. The van der Waals surface area contributed by atoms with Gasteiger partial charge in [0, 0.05) is 6.54 Å². The van der Waals surface area contributed by atoms with Gasteiger partial charge in [0.2, 0.25) is 0 Å². The first-order chi connectivity index (χ1) is 9.74. The largest absolute Gasteiger partial charge is 0.483 e. The van der Waals surface area contributed by atoms with Gasteiger partial charge in [0.25, 0.3) is 0 Å². The van der Waals surface area contributed by atoms with Gasteiger partial charge in [-0.05, 0) is 12.8 Å². The summed E-state index contributed by atoms with van der Waals surface area (Å²) in [5, 5.41) is 7.75. The Morgan fingerprint density at radius 1 is 1.00 bits per heavy atom. The van der Waals surface area contributed by atoms with Gasteiger partial charge in [0.05, 0.1) is 19.8 Å². The summed E-state index contributed by atoms with van der Waals surface area (Å²) in [5.74, 6) is 0. The molecule has 0 aromatic rings. The number of phosphoric acid groups is 2. The molecule has 5 N–H and O–H groups in total. The molecule has 11 heteroatoms. The van der Waals surface area contributed by atoms with Crippen molar-refractivity contribution in [1.29, 1.82) is 0 Å². The lowest BCUT2D eigenvalue weighted by atomic mass is 10.4. The van der Waals surface area contributed by atoms with Gasteiger partial charge in [-0.1, -0.05) is 26.7 Å². The minimum absolute atomic E-state index is 0.0693. The van der Waals surface area contributed by atoms with Gasteiger partial charge in [-0.2, -0.15) is 4.31 Å². The number of nitrogens with two attached hydrogens (primary N) is 1. The lowest BCUT2D eigenvalue weighted by molar-refractivity contribution is 0.137. The summed E-state index contributed by atoms with van der Waals surface area (Å²) in [6.07, 6.45) is 2.80. The minimum Gasteiger partial charge on any atom is -0.395 e. The normalized spacial score (nSPS) is 11.9. The van der Waals surface area contributed by atoms with Crippen LogP contribution in [-0.2, 0) is 22.5 Å². The molecule has 0 aromatic carbocycles. The van der Waals surface area contributed by atoms with E-state index >= 15 is 0 Å². The summed E-state index contributed by atoms with van der Waals surface area (Å²) < 4.78 is 36.2. The summed E-state index contributed by atoms with van der Waals surface area (Å²) >= 11 is 0. The van der Waals surface area contributed by atoms with E-state index in [1.165, 1.54) is 0 Å². The number of rotatable bonds is 11. The molecule has 0 amide bonds. The van der Waals surface area contributed by atoms with Crippen molar-refractivity contribution in [2.24, 2.45) is 5.73 Å². The van der Waals surface area contributed by atoms with E-state index in [0.717, 1.165) is 12.8 Å². The van der Waals surface area contributed by atoms with Crippen LogP contribution in [0.3, 0.4) is 0 Å². The van der Waals surface area contributed by atoms with E-state index in [1.807, 2.05) is 13.8 Å². The van der Waals surface area contributed by atoms with Crippen LogP contribution in [0.25, 0.3) is 0 Å². The van der Waals surface area contributed by atoms with Gasteiger partial charge in [0.15, 0.2) is 0 Å². The minimum atomic E-state index is -4.90. The molecule has 21 heavy (non-hydrogen) atoms. The van der Waals surface area contributed by atoms with Crippen molar-refractivity contribution in [1.82, 2.24) is 0 Å². The Hall–Kier alpha value is 0.180. The molecule has 130 valence electrons. The zero-order chi connectivity index (χ0) is 16.8. The van der Waals surface area contributed by atoms with Crippen LogP contribution in [-0.4, -0.2) is 41.3 Å². The third-order valence-electron chi connectivity index (χ3n) is 1.83. The summed E-state index contributed by atoms with van der Waals surface area (Å²) in [5.41, 5.74) is 4.78. The molecule has 0 spiro atoms. The second-order valence-corrected chi connectivity index (χ2v) is 6.95. The van der Waals surface area contributed by atoms with E-state index in [1.54, 1.807) is 0 Å². The maximum atomic E-state index is 11.8. The van der Waals surface area contributed by atoms with Crippen LogP contribution < -0.4 is 5.73 Å². The molecule has 9 nitrogen and oxygen atoms in total. The van der Waals surface area contributed by atoms with Crippen LogP contribution in [0.5, 0.6) is 0 Å². The van der Waals surface area contributed by atoms with Crippen LogP contribution >= 0.6 is 15.6 Å². The summed E-state index contributed by atoms with van der Waals surface area (Å²) in [6.45, 7) is 4.41. The molecule has 0 heterocycles. The van der Waals surface area contributed by atoms with E-state index in [9.17, 15) is 9.13 Å². The van der Waals surface area contributed by atoms with E-state index in [-0.39, 0.29) is 19.8 Å². The number of phosphoric ester groups is 1. The molecule has 0 saturated heterocycles. The second kappa shape index (κ2) is 13.8. The third kappa shape index (κ3) is 18.1. The Bertz CT molecular complexity index is 306. The van der Waals surface area contributed by atoms with Gasteiger partial charge in [-0.15, -0.1) is 0 Å². The van der Waals surface area contributed by atoms with Crippen molar-refractivity contribution in [2.75, 3.05) is 26.4 Å². The lowest BCUT2D eigenvalue weighted by Crippen LogP contribution is -2.02. The molecule has 0 atom stereocenters. The van der Waals surface area contributed by atoms with Crippen molar-refractivity contribution in [3.63, 3.8) is 0 Å². The smallest absolute Gasteiger partial charge is 0.395 e. The highest BCUT2D eigenvalue weighted by Gasteiger charge is 2.35. The summed E-state index contributed by atoms with van der Waals surface area (Å²) in [4.78, 5) is 17.2. The van der Waals surface area contributed by atoms with Crippen LogP contribution in [0.1, 0.15) is 39.5 Å². The highest BCUT2D eigenvalue weighted by atomic mass is 31.3. The fourth-order valence-corrected chi connectivity index (χ4v) is 3.06. The van der Waals surface area contributed by atoms with Crippen LogP contribution in [0.4, 0.5) is 0 Å². The average molecular weight is 351 g/mol. The van der Waals surface area contributed by atoms with Gasteiger partial charge in [-0.25, -0.2) is 9.13 Å². The van der Waals surface area contributed by atoms with Gasteiger partial charge < -0.3 is 20.6 Å². The van der Waals surface area contributed by atoms with E-state index in [0.29, 0.717) is 19.4 Å². The first kappa shape index (κ1) is 23.4. The van der Waals surface area contributed by atoms with Crippen LogP contribution in [0.2, 0.25) is 0 Å². The van der Waals surface area contributed by atoms with Crippen LogP contribution in [0, 0.1) is 0 Å². The zero-order valence-electron chi connectivity index (χ0n) is 12.5. The summed E-state index contributed by atoms with van der Waals surface area (Å²) in [7, 11) is -9.06. The van der Waals surface area contributed by atoms with Gasteiger partial charge >= 0.3 is 15.6 Å². The highest BCUT2D eigenvalue weighted by molar-refractivity contribution is 7.61. The third-order valence-corrected chi connectivity index (χ3v) is 4.48. The molecule has 0 bridgehead atoms. The van der Waals surface area contributed by atoms with E-state index in [4.69, 9.17) is 29.7 Å². The fraction of sp³-hybridized carbons (Fsp3) is 1.00. The Kier molecular flexibility index (Phi) is 15.4. The van der Waals surface area contributed by atoms with E-state index < -0.39 is 15.6 Å². The molecule has 0 fully saturated rings. The maximum absolute atomic E-state index is 11.8. The SMILES string of the molecule is CCCCOP(=O)(OCCCC)OP(=O)(O)O.NCCO. The Balaban J connectivity index is 0. The topological polar surface area (TPSA) is 149 Å². The van der Waals surface area contributed by atoms with Crippen molar-refractivity contribution < 1.29 is 37.4 Å². The zero-order valence-corrected chi connectivity index (χ0v) is 14.3. The Labute approximate surface area is 125 Å². The number of aliphatic hydroxyl groups excluding tert-OH is 1. The first-order valence-electron chi connectivity index (χ1n) is 6.71. The number of hydrogen-bond acceptors (Lipinski definition) is 7. The van der Waals surface area contributed by atoms with Gasteiger partial charge in [0.1, 0.15) is 0 Å². The van der Waals surface area contributed by atoms with Crippen molar-refractivity contribution >= 4 is 15.6 Å². The molecular formula is C10H27NO8P2. The number of hydrogen-bond donors (Lipinski definition) is 4. The maximum Gasteiger partial charge on any atom is 0.483 e. The average Bonchev–Trinajstić information content (AvgIpc) is 2.37. The molecule has 0 rings (SSSR count). The van der Waals surface area contributed by atoms with Gasteiger partial charge in [-0.3, -0.25) is 9.05 Å². The molecule has 0 unspecified atom stereocenters. The molecule has 0 aliphatic rings. The monoisotopic (exact) mass is 351 g/mol. The molecule has 0 aliphatic heterocycles. The lowest BCUT2D eigenvalue weighted by Gasteiger charge is -2.17. The first-order valence-corrected chi connectivity index (χ1v) is 9.70. The molecule has 0 saturated carbocycles.